The van der Waals surface area contributed by atoms with Crippen LogP contribution in [0.15, 0.2) is 12.1 Å². The third-order valence-corrected chi connectivity index (χ3v) is 4.13. The summed E-state index contributed by atoms with van der Waals surface area (Å²) in [4.78, 5) is 28.0. The van der Waals surface area contributed by atoms with E-state index in [0.717, 1.165) is 12.3 Å². The number of carbonyl (C=O) groups is 2. The predicted molar refractivity (Wildman–Crippen MR) is 83.8 cm³/mol. The van der Waals surface area contributed by atoms with Crippen molar-refractivity contribution in [2.45, 2.75) is 46.0 Å². The molecule has 2 rings (SSSR count). The lowest BCUT2D eigenvalue weighted by Crippen LogP contribution is -2.27. The topological polar surface area (TPSA) is 68.3 Å². The molecule has 5 heteroatoms. The van der Waals surface area contributed by atoms with Gasteiger partial charge in [0.2, 0.25) is 0 Å². The summed E-state index contributed by atoms with van der Waals surface area (Å²) in [6.07, 6.45) is 6.22. The van der Waals surface area contributed by atoms with Gasteiger partial charge in [0.15, 0.2) is 0 Å². The molecule has 0 spiro atoms. The number of rotatable bonds is 6. The average Bonchev–Trinajstić information content (AvgIpc) is 3.00. The smallest absolute Gasteiger partial charge is 0.339 e. The fourth-order valence-corrected chi connectivity index (χ4v) is 2.89. The van der Waals surface area contributed by atoms with Crippen LogP contribution < -0.4 is 5.32 Å². The number of ether oxygens (including phenoxy) is 1. The van der Waals surface area contributed by atoms with Crippen LogP contribution in [0.4, 0.5) is 0 Å². The summed E-state index contributed by atoms with van der Waals surface area (Å²) in [6, 6.07) is 3.18. The Kier molecular flexibility index (Phi) is 5.92. The number of esters is 1. The van der Waals surface area contributed by atoms with Crippen LogP contribution >= 0.6 is 0 Å². The summed E-state index contributed by atoms with van der Waals surface area (Å²) in [6.45, 7) is 4.47. The molecule has 1 N–H and O–H groups in total. The molecule has 1 saturated carbocycles. The van der Waals surface area contributed by atoms with E-state index >= 15 is 0 Å². The highest BCUT2D eigenvalue weighted by molar-refractivity contribution is 5.94. The van der Waals surface area contributed by atoms with Crippen molar-refractivity contribution in [3.63, 3.8) is 0 Å². The average molecular weight is 304 g/mol. The normalized spacial score (nSPS) is 14.8. The number of hydrogen-bond acceptors (Lipinski definition) is 4. The minimum Gasteiger partial charge on any atom is -0.462 e. The van der Waals surface area contributed by atoms with Crippen molar-refractivity contribution in [2.24, 2.45) is 5.92 Å². The van der Waals surface area contributed by atoms with Gasteiger partial charge in [0, 0.05) is 6.54 Å². The van der Waals surface area contributed by atoms with Crippen molar-refractivity contribution in [3.8, 4) is 0 Å². The predicted octanol–water partition coefficient (Wildman–Crippen LogP) is 2.88. The molecule has 1 aromatic heterocycles. The molecule has 0 atom stereocenters. The number of pyridine rings is 1. The standard InChI is InChI=1S/C17H24N2O3/c1-3-22-17(21)14-8-9-15(19-12(14)2)16(20)18-11-10-13-6-4-5-7-13/h8-9,13H,3-7,10-11H2,1-2H3,(H,18,20). The van der Waals surface area contributed by atoms with Gasteiger partial charge in [-0.2, -0.15) is 0 Å². The highest BCUT2D eigenvalue weighted by Crippen LogP contribution is 2.26. The molecule has 120 valence electrons. The molecule has 1 aromatic rings. The Morgan fingerprint density at radius 2 is 2.05 bits per heavy atom. The van der Waals surface area contributed by atoms with Gasteiger partial charge in [-0.3, -0.25) is 4.79 Å². The van der Waals surface area contributed by atoms with Gasteiger partial charge in [-0.1, -0.05) is 25.7 Å². The molecule has 0 saturated heterocycles. The maximum Gasteiger partial charge on any atom is 0.339 e. The Morgan fingerprint density at radius 1 is 1.32 bits per heavy atom. The van der Waals surface area contributed by atoms with E-state index < -0.39 is 5.97 Å². The maximum atomic E-state index is 12.1. The molecular formula is C17H24N2O3. The molecule has 1 aliphatic carbocycles. The molecule has 0 aromatic carbocycles. The lowest BCUT2D eigenvalue weighted by atomic mass is 10.0. The van der Waals surface area contributed by atoms with Crippen LogP contribution in [0.2, 0.25) is 0 Å². The van der Waals surface area contributed by atoms with E-state index in [0.29, 0.717) is 30.1 Å². The number of amides is 1. The molecule has 22 heavy (non-hydrogen) atoms. The fraction of sp³-hybridized carbons (Fsp3) is 0.588. The Hall–Kier alpha value is -1.91. The van der Waals surface area contributed by atoms with Crippen LogP contribution in [-0.4, -0.2) is 30.0 Å². The van der Waals surface area contributed by atoms with Crippen LogP contribution in [0.3, 0.4) is 0 Å². The van der Waals surface area contributed by atoms with Crippen LogP contribution in [-0.2, 0) is 4.74 Å². The van der Waals surface area contributed by atoms with E-state index in [2.05, 4.69) is 10.3 Å². The fourth-order valence-electron chi connectivity index (χ4n) is 2.89. The maximum absolute atomic E-state index is 12.1. The first-order valence-electron chi connectivity index (χ1n) is 8.04. The van der Waals surface area contributed by atoms with Crippen LogP contribution in [0.1, 0.15) is 65.6 Å². The van der Waals surface area contributed by atoms with Gasteiger partial charge in [0.05, 0.1) is 17.9 Å². The van der Waals surface area contributed by atoms with Gasteiger partial charge in [-0.25, -0.2) is 9.78 Å². The number of nitrogens with one attached hydrogen (secondary N) is 1. The Labute approximate surface area is 131 Å². The molecule has 5 nitrogen and oxygen atoms in total. The summed E-state index contributed by atoms with van der Waals surface area (Å²) < 4.78 is 4.95. The zero-order valence-corrected chi connectivity index (χ0v) is 13.4. The molecular weight excluding hydrogens is 280 g/mol. The van der Waals surface area contributed by atoms with E-state index in [-0.39, 0.29) is 5.91 Å². The summed E-state index contributed by atoms with van der Waals surface area (Å²) >= 11 is 0. The van der Waals surface area contributed by atoms with Crippen LogP contribution in [0, 0.1) is 12.8 Å². The van der Waals surface area contributed by atoms with Gasteiger partial charge in [0.1, 0.15) is 5.69 Å². The molecule has 0 bridgehead atoms. The number of aromatic nitrogens is 1. The Bertz CT molecular complexity index is 537. The zero-order chi connectivity index (χ0) is 15.9. The van der Waals surface area contributed by atoms with Crippen molar-refractivity contribution in [1.82, 2.24) is 10.3 Å². The first-order chi connectivity index (χ1) is 10.6. The molecule has 1 fully saturated rings. The summed E-state index contributed by atoms with van der Waals surface area (Å²) in [5.41, 5.74) is 1.27. The number of aryl methyl sites for hydroxylation is 1. The molecule has 1 amide bonds. The third-order valence-electron chi connectivity index (χ3n) is 4.13. The van der Waals surface area contributed by atoms with Gasteiger partial charge in [-0.15, -0.1) is 0 Å². The third kappa shape index (κ3) is 4.29. The van der Waals surface area contributed by atoms with E-state index in [1.54, 1.807) is 26.0 Å². The van der Waals surface area contributed by atoms with Crippen molar-refractivity contribution < 1.29 is 14.3 Å². The minimum atomic E-state index is -0.402. The molecule has 0 unspecified atom stereocenters. The van der Waals surface area contributed by atoms with Crippen molar-refractivity contribution >= 4 is 11.9 Å². The van der Waals surface area contributed by atoms with E-state index in [9.17, 15) is 9.59 Å². The molecule has 0 aliphatic heterocycles. The van der Waals surface area contributed by atoms with Crippen LogP contribution in [0.25, 0.3) is 0 Å². The number of nitrogens with zero attached hydrogens (tertiary/aromatic N) is 1. The summed E-state index contributed by atoms with van der Waals surface area (Å²) in [7, 11) is 0. The van der Waals surface area contributed by atoms with Gasteiger partial charge in [-0.05, 0) is 38.3 Å². The number of hydrogen-bond donors (Lipinski definition) is 1. The molecule has 1 aliphatic rings. The quantitative estimate of drug-likeness (QED) is 0.821. The van der Waals surface area contributed by atoms with Crippen molar-refractivity contribution in [2.75, 3.05) is 13.2 Å². The second-order valence-electron chi connectivity index (χ2n) is 5.74. The summed E-state index contributed by atoms with van der Waals surface area (Å²) in [5, 5.41) is 2.91. The SMILES string of the molecule is CCOC(=O)c1ccc(C(=O)NCCC2CCCC2)nc1C. The lowest BCUT2D eigenvalue weighted by Gasteiger charge is -2.10. The Balaban J connectivity index is 1.89. The largest absolute Gasteiger partial charge is 0.462 e. The van der Waals surface area contributed by atoms with E-state index in [1.807, 2.05) is 0 Å². The van der Waals surface area contributed by atoms with Gasteiger partial charge < -0.3 is 10.1 Å². The minimum absolute atomic E-state index is 0.184. The second-order valence-corrected chi connectivity index (χ2v) is 5.74. The number of carbonyl (C=O) groups excluding carboxylic acids is 2. The Morgan fingerprint density at radius 3 is 2.68 bits per heavy atom. The van der Waals surface area contributed by atoms with Crippen LogP contribution in [0.5, 0.6) is 0 Å². The van der Waals surface area contributed by atoms with Crippen molar-refractivity contribution in [3.05, 3.63) is 29.1 Å². The second kappa shape index (κ2) is 7.92. The van der Waals surface area contributed by atoms with Gasteiger partial charge >= 0.3 is 5.97 Å². The first kappa shape index (κ1) is 16.5. The zero-order valence-electron chi connectivity index (χ0n) is 13.4. The first-order valence-corrected chi connectivity index (χ1v) is 8.04. The van der Waals surface area contributed by atoms with E-state index in [4.69, 9.17) is 4.74 Å². The monoisotopic (exact) mass is 304 g/mol. The highest BCUT2D eigenvalue weighted by Gasteiger charge is 2.17. The van der Waals surface area contributed by atoms with Gasteiger partial charge in [0.25, 0.3) is 5.91 Å². The highest BCUT2D eigenvalue weighted by atomic mass is 16.5. The lowest BCUT2D eigenvalue weighted by molar-refractivity contribution is 0.0524. The summed E-state index contributed by atoms with van der Waals surface area (Å²) in [5.74, 6) is 0.165. The molecule has 1 heterocycles. The molecule has 0 radical (unpaired) electrons. The van der Waals surface area contributed by atoms with E-state index in [1.165, 1.54) is 25.7 Å². The van der Waals surface area contributed by atoms with Crippen molar-refractivity contribution in [1.29, 1.82) is 0 Å².